The van der Waals surface area contributed by atoms with Crippen molar-refractivity contribution in [3.63, 3.8) is 0 Å². The second-order valence-electron chi connectivity index (χ2n) is 4.76. The first-order chi connectivity index (χ1) is 8.97. The highest BCUT2D eigenvalue weighted by Crippen LogP contribution is 2.24. The maximum Gasteiger partial charge on any atom is 0.312 e. The molecule has 0 radical (unpaired) electrons. The summed E-state index contributed by atoms with van der Waals surface area (Å²) >= 11 is 0. The monoisotopic (exact) mass is 262 g/mol. The number of aromatic nitrogens is 1. The summed E-state index contributed by atoms with van der Waals surface area (Å²) in [5.74, 6) is 0.764. The van der Waals surface area contributed by atoms with E-state index in [-0.39, 0.29) is 23.1 Å². The van der Waals surface area contributed by atoms with E-state index < -0.39 is 4.92 Å². The van der Waals surface area contributed by atoms with Crippen LogP contribution in [0, 0.1) is 27.4 Å². The fraction of sp³-hybridized carbons (Fsp3) is 0.538. The van der Waals surface area contributed by atoms with Crippen LogP contribution in [0.5, 0.6) is 0 Å². The van der Waals surface area contributed by atoms with Gasteiger partial charge in [0.05, 0.1) is 10.5 Å². The predicted octanol–water partition coefficient (Wildman–Crippen LogP) is 3.10. The third-order valence-electron chi connectivity index (χ3n) is 3.03. The van der Waals surface area contributed by atoms with Gasteiger partial charge >= 0.3 is 5.69 Å². The largest absolute Gasteiger partial charge is 0.362 e. The van der Waals surface area contributed by atoms with Crippen molar-refractivity contribution in [2.45, 2.75) is 39.7 Å². The molecule has 1 heterocycles. The van der Waals surface area contributed by atoms with Crippen molar-refractivity contribution < 1.29 is 4.92 Å². The van der Waals surface area contributed by atoms with Gasteiger partial charge in [-0.1, -0.05) is 20.3 Å². The summed E-state index contributed by atoms with van der Waals surface area (Å²) in [5, 5.41) is 22.7. The minimum atomic E-state index is -0.522. The van der Waals surface area contributed by atoms with E-state index in [9.17, 15) is 10.1 Å². The fourth-order valence-corrected chi connectivity index (χ4v) is 1.83. The van der Waals surface area contributed by atoms with Crippen molar-refractivity contribution >= 4 is 11.5 Å². The summed E-state index contributed by atoms with van der Waals surface area (Å²) in [6.45, 7) is 6.22. The van der Waals surface area contributed by atoms with E-state index in [0.29, 0.717) is 5.92 Å². The van der Waals surface area contributed by atoms with Gasteiger partial charge < -0.3 is 5.32 Å². The first kappa shape index (κ1) is 14.9. The van der Waals surface area contributed by atoms with Gasteiger partial charge in [-0.2, -0.15) is 5.26 Å². The molecule has 0 saturated heterocycles. The van der Waals surface area contributed by atoms with Crippen LogP contribution in [-0.4, -0.2) is 15.9 Å². The molecule has 0 spiro atoms. The van der Waals surface area contributed by atoms with Gasteiger partial charge in [-0.25, -0.2) is 4.98 Å². The highest BCUT2D eigenvalue weighted by Gasteiger charge is 2.18. The number of hydrogen-bond donors (Lipinski definition) is 1. The molecule has 0 aromatic carbocycles. The zero-order valence-corrected chi connectivity index (χ0v) is 11.4. The van der Waals surface area contributed by atoms with Gasteiger partial charge in [0.2, 0.25) is 5.82 Å². The number of nitro groups is 1. The molecule has 0 aliphatic heterocycles. The molecule has 0 saturated carbocycles. The van der Waals surface area contributed by atoms with Crippen LogP contribution < -0.4 is 5.32 Å². The van der Waals surface area contributed by atoms with Crippen molar-refractivity contribution in [2.75, 3.05) is 5.32 Å². The van der Waals surface area contributed by atoms with Crippen molar-refractivity contribution in [3.05, 3.63) is 27.9 Å². The second kappa shape index (κ2) is 6.69. The number of nitrogens with one attached hydrogen (secondary N) is 1. The molecular formula is C13H18N4O2. The molecule has 1 aromatic rings. The van der Waals surface area contributed by atoms with Gasteiger partial charge in [-0.05, 0) is 19.3 Å². The summed E-state index contributed by atoms with van der Waals surface area (Å²) in [6, 6.07) is 3.18. The molecule has 2 unspecified atom stereocenters. The Labute approximate surface area is 112 Å². The Hall–Kier alpha value is -2.16. The summed E-state index contributed by atoms with van der Waals surface area (Å²) in [5.41, 5.74) is 0.0295. The van der Waals surface area contributed by atoms with Gasteiger partial charge in [0.25, 0.3) is 0 Å². The minimum absolute atomic E-state index is 0.0917. The molecule has 0 aliphatic rings. The maximum atomic E-state index is 11.0. The van der Waals surface area contributed by atoms with Crippen LogP contribution in [0.3, 0.4) is 0 Å². The highest BCUT2D eigenvalue weighted by atomic mass is 16.6. The minimum Gasteiger partial charge on any atom is -0.362 e. The van der Waals surface area contributed by atoms with Gasteiger partial charge in [0, 0.05) is 18.3 Å². The summed E-state index contributed by atoms with van der Waals surface area (Å²) < 4.78 is 0. The summed E-state index contributed by atoms with van der Waals surface area (Å²) in [7, 11) is 0. The molecule has 6 nitrogen and oxygen atoms in total. The van der Waals surface area contributed by atoms with Crippen molar-refractivity contribution in [1.82, 2.24) is 4.98 Å². The zero-order valence-electron chi connectivity index (χ0n) is 11.4. The molecule has 1 N–H and O–H groups in total. The standard InChI is InChI=1S/C13H18N4O2/c1-4-9(2)5-10(3)16-13-12(17(18)19)6-11(7-14)8-15-13/h6,8-10H,4-5H2,1-3H3,(H,15,16). The lowest BCUT2D eigenvalue weighted by Crippen LogP contribution is -2.19. The molecule has 19 heavy (non-hydrogen) atoms. The topological polar surface area (TPSA) is 91.8 Å². The Morgan fingerprint density at radius 1 is 1.58 bits per heavy atom. The Balaban J connectivity index is 2.89. The number of rotatable bonds is 6. The van der Waals surface area contributed by atoms with E-state index in [1.54, 1.807) is 0 Å². The fourth-order valence-electron chi connectivity index (χ4n) is 1.83. The molecule has 102 valence electrons. The van der Waals surface area contributed by atoms with Crippen molar-refractivity contribution in [1.29, 1.82) is 5.26 Å². The first-order valence-electron chi connectivity index (χ1n) is 6.29. The molecule has 2 atom stereocenters. The normalized spacial score (nSPS) is 13.4. The summed E-state index contributed by atoms with van der Waals surface area (Å²) in [4.78, 5) is 14.4. The highest BCUT2D eigenvalue weighted by molar-refractivity contribution is 5.58. The first-order valence-corrected chi connectivity index (χ1v) is 6.29. The Morgan fingerprint density at radius 2 is 2.26 bits per heavy atom. The molecule has 0 fully saturated rings. The van der Waals surface area contributed by atoms with E-state index in [0.717, 1.165) is 12.8 Å². The average molecular weight is 262 g/mol. The second-order valence-corrected chi connectivity index (χ2v) is 4.76. The van der Waals surface area contributed by atoms with Crippen LogP contribution in [0.25, 0.3) is 0 Å². The molecular weight excluding hydrogens is 244 g/mol. The Bertz CT molecular complexity index is 496. The zero-order chi connectivity index (χ0) is 14.4. The lowest BCUT2D eigenvalue weighted by molar-refractivity contribution is -0.384. The molecule has 1 aromatic heterocycles. The number of nitrogens with zero attached hydrogens (tertiary/aromatic N) is 3. The van der Waals surface area contributed by atoms with Gasteiger partial charge in [-0.3, -0.25) is 10.1 Å². The maximum absolute atomic E-state index is 11.0. The van der Waals surface area contributed by atoms with Gasteiger partial charge in [0.15, 0.2) is 0 Å². The molecule has 0 bridgehead atoms. The SMILES string of the molecule is CCC(C)CC(C)Nc1ncc(C#N)cc1[N+](=O)[O-]. The van der Waals surface area contributed by atoms with Crippen LogP contribution in [0.2, 0.25) is 0 Å². The lowest BCUT2D eigenvalue weighted by Gasteiger charge is -2.17. The number of hydrogen-bond acceptors (Lipinski definition) is 5. The van der Waals surface area contributed by atoms with Crippen LogP contribution in [-0.2, 0) is 0 Å². The molecule has 0 aliphatic carbocycles. The number of pyridine rings is 1. The Morgan fingerprint density at radius 3 is 2.79 bits per heavy atom. The quantitative estimate of drug-likeness (QED) is 0.628. The molecule has 0 amide bonds. The van der Waals surface area contributed by atoms with E-state index in [1.807, 2.05) is 13.0 Å². The predicted molar refractivity (Wildman–Crippen MR) is 72.8 cm³/mol. The van der Waals surface area contributed by atoms with Crippen LogP contribution in [0.15, 0.2) is 12.3 Å². The van der Waals surface area contributed by atoms with Crippen LogP contribution in [0.1, 0.15) is 39.2 Å². The number of anilines is 1. The molecule has 6 heteroatoms. The smallest absolute Gasteiger partial charge is 0.312 e. The van der Waals surface area contributed by atoms with E-state index in [1.165, 1.54) is 12.3 Å². The van der Waals surface area contributed by atoms with Gasteiger partial charge in [-0.15, -0.1) is 0 Å². The van der Waals surface area contributed by atoms with Crippen molar-refractivity contribution in [3.8, 4) is 6.07 Å². The van der Waals surface area contributed by atoms with Crippen molar-refractivity contribution in [2.24, 2.45) is 5.92 Å². The molecule has 1 rings (SSSR count). The summed E-state index contributed by atoms with van der Waals surface area (Å²) in [6.07, 6.45) is 3.32. The lowest BCUT2D eigenvalue weighted by atomic mass is 10.0. The average Bonchev–Trinajstić information content (AvgIpc) is 2.38. The Kier molecular flexibility index (Phi) is 5.24. The van der Waals surface area contributed by atoms with Crippen LogP contribution in [0.4, 0.5) is 11.5 Å². The number of nitriles is 1. The van der Waals surface area contributed by atoms with E-state index in [4.69, 9.17) is 5.26 Å². The van der Waals surface area contributed by atoms with Gasteiger partial charge in [0.1, 0.15) is 6.07 Å². The third kappa shape index (κ3) is 4.21. The third-order valence-corrected chi connectivity index (χ3v) is 3.03. The van der Waals surface area contributed by atoms with Crippen LogP contribution >= 0.6 is 0 Å². The van der Waals surface area contributed by atoms with E-state index >= 15 is 0 Å². The van der Waals surface area contributed by atoms with E-state index in [2.05, 4.69) is 24.1 Å².